The number of benzene rings is 1. The van der Waals surface area contributed by atoms with Crippen LogP contribution in [-0.4, -0.2) is 18.2 Å². The van der Waals surface area contributed by atoms with Gasteiger partial charge in [0.05, 0.1) is 29.8 Å². The molecule has 1 amide bonds. The van der Waals surface area contributed by atoms with Gasteiger partial charge in [0.2, 0.25) is 5.91 Å². The summed E-state index contributed by atoms with van der Waals surface area (Å²) in [6.07, 6.45) is 1.86. The van der Waals surface area contributed by atoms with Gasteiger partial charge in [0.1, 0.15) is 5.76 Å². The van der Waals surface area contributed by atoms with Crippen LogP contribution in [0.15, 0.2) is 46.0 Å². The van der Waals surface area contributed by atoms with Crippen molar-refractivity contribution in [1.82, 2.24) is 0 Å². The first-order valence-electron chi connectivity index (χ1n) is 6.71. The minimum Gasteiger partial charge on any atom is -0.463 e. The summed E-state index contributed by atoms with van der Waals surface area (Å²) in [5, 5.41) is 0. The van der Waals surface area contributed by atoms with Crippen LogP contribution in [0.1, 0.15) is 24.7 Å². The molecule has 2 aromatic rings. The first-order valence-corrected chi connectivity index (χ1v) is 6.71. The SMILES string of the molecule is CCN1C(=O)CC(c2ccco2)=Nc2ccc(C)cc21. The van der Waals surface area contributed by atoms with Gasteiger partial charge in [-0.25, -0.2) is 4.99 Å². The highest BCUT2D eigenvalue weighted by Gasteiger charge is 2.24. The summed E-state index contributed by atoms with van der Waals surface area (Å²) in [5.74, 6) is 0.704. The van der Waals surface area contributed by atoms with Gasteiger partial charge in [-0.05, 0) is 43.7 Å². The maximum atomic E-state index is 12.4. The Hall–Kier alpha value is -2.36. The van der Waals surface area contributed by atoms with Crippen LogP contribution < -0.4 is 4.90 Å². The van der Waals surface area contributed by atoms with Crippen LogP contribution >= 0.6 is 0 Å². The monoisotopic (exact) mass is 268 g/mol. The van der Waals surface area contributed by atoms with Crippen molar-refractivity contribution in [2.75, 3.05) is 11.4 Å². The van der Waals surface area contributed by atoms with E-state index < -0.39 is 0 Å². The smallest absolute Gasteiger partial charge is 0.233 e. The van der Waals surface area contributed by atoms with Crippen molar-refractivity contribution in [3.8, 4) is 0 Å². The van der Waals surface area contributed by atoms with Crippen molar-refractivity contribution in [3.63, 3.8) is 0 Å². The van der Waals surface area contributed by atoms with Crippen molar-refractivity contribution in [3.05, 3.63) is 47.9 Å². The maximum Gasteiger partial charge on any atom is 0.233 e. The number of carbonyl (C=O) groups is 1. The molecule has 102 valence electrons. The number of aliphatic imine (C=N–C) groups is 1. The number of rotatable bonds is 2. The molecule has 0 bridgehead atoms. The van der Waals surface area contributed by atoms with E-state index in [1.807, 2.05) is 38.1 Å². The van der Waals surface area contributed by atoms with Crippen LogP contribution in [0.3, 0.4) is 0 Å². The number of carbonyl (C=O) groups excluding carboxylic acids is 1. The number of amides is 1. The highest BCUT2D eigenvalue weighted by Crippen LogP contribution is 2.33. The summed E-state index contributed by atoms with van der Waals surface area (Å²) in [5.41, 5.74) is 3.49. The number of hydrogen-bond acceptors (Lipinski definition) is 3. The molecule has 0 radical (unpaired) electrons. The van der Waals surface area contributed by atoms with Gasteiger partial charge in [-0.1, -0.05) is 6.07 Å². The van der Waals surface area contributed by atoms with Crippen LogP contribution in [0.25, 0.3) is 0 Å². The molecular weight excluding hydrogens is 252 g/mol. The van der Waals surface area contributed by atoms with Crippen molar-refractivity contribution in [2.45, 2.75) is 20.3 Å². The van der Waals surface area contributed by atoms with E-state index >= 15 is 0 Å². The molecular formula is C16H16N2O2. The van der Waals surface area contributed by atoms with Crippen LogP contribution in [-0.2, 0) is 4.79 Å². The normalized spacial score (nSPS) is 14.8. The fourth-order valence-electron chi connectivity index (χ4n) is 2.43. The second kappa shape index (κ2) is 4.96. The van der Waals surface area contributed by atoms with Crippen molar-refractivity contribution < 1.29 is 9.21 Å². The van der Waals surface area contributed by atoms with Gasteiger partial charge in [-0.3, -0.25) is 4.79 Å². The molecule has 0 unspecified atom stereocenters. The molecule has 1 aromatic heterocycles. The van der Waals surface area contributed by atoms with E-state index in [1.54, 1.807) is 17.2 Å². The highest BCUT2D eigenvalue weighted by molar-refractivity contribution is 6.16. The first-order chi connectivity index (χ1) is 9.69. The highest BCUT2D eigenvalue weighted by atomic mass is 16.3. The van der Waals surface area contributed by atoms with Crippen LogP contribution in [0.5, 0.6) is 0 Å². The predicted molar refractivity (Wildman–Crippen MR) is 78.7 cm³/mol. The van der Waals surface area contributed by atoms with Gasteiger partial charge in [0.15, 0.2) is 0 Å². The zero-order valence-corrected chi connectivity index (χ0v) is 11.6. The Bertz CT molecular complexity index is 672. The lowest BCUT2D eigenvalue weighted by molar-refractivity contribution is -0.117. The second-order valence-corrected chi connectivity index (χ2v) is 4.84. The second-order valence-electron chi connectivity index (χ2n) is 4.84. The average molecular weight is 268 g/mol. The molecule has 4 nitrogen and oxygen atoms in total. The number of anilines is 1. The Morgan fingerprint density at radius 1 is 1.35 bits per heavy atom. The third kappa shape index (κ3) is 2.13. The van der Waals surface area contributed by atoms with E-state index in [4.69, 9.17) is 4.42 Å². The third-order valence-corrected chi connectivity index (χ3v) is 3.42. The lowest BCUT2D eigenvalue weighted by Gasteiger charge is -2.20. The molecule has 1 aliphatic heterocycles. The molecule has 0 N–H and O–H groups in total. The van der Waals surface area contributed by atoms with Gasteiger partial charge in [-0.15, -0.1) is 0 Å². The number of furan rings is 1. The zero-order chi connectivity index (χ0) is 14.1. The summed E-state index contributed by atoms with van der Waals surface area (Å²) in [6, 6.07) is 9.61. The quantitative estimate of drug-likeness (QED) is 0.837. The topological polar surface area (TPSA) is 45.8 Å². The van der Waals surface area contributed by atoms with Gasteiger partial charge in [-0.2, -0.15) is 0 Å². The Labute approximate surface area is 117 Å². The molecule has 0 saturated carbocycles. The Morgan fingerprint density at radius 2 is 2.20 bits per heavy atom. The van der Waals surface area contributed by atoms with Gasteiger partial charge in [0, 0.05) is 6.54 Å². The standard InChI is InChI=1S/C16H16N2O2/c1-3-18-14-9-11(2)6-7-12(14)17-13(10-16(18)19)15-5-4-8-20-15/h4-9H,3,10H2,1-2H3. The van der Waals surface area contributed by atoms with Crippen LogP contribution in [0.2, 0.25) is 0 Å². The summed E-state index contributed by atoms with van der Waals surface area (Å²) in [4.78, 5) is 18.8. The van der Waals surface area contributed by atoms with Crippen LogP contribution in [0.4, 0.5) is 11.4 Å². The van der Waals surface area contributed by atoms with E-state index in [2.05, 4.69) is 4.99 Å². The molecule has 0 saturated heterocycles. The van der Waals surface area contributed by atoms with Gasteiger partial charge in [0.25, 0.3) is 0 Å². The number of nitrogens with zero attached hydrogens (tertiary/aromatic N) is 2. The molecule has 0 atom stereocenters. The number of aryl methyl sites for hydroxylation is 1. The number of fused-ring (bicyclic) bond motifs is 1. The molecule has 4 heteroatoms. The first kappa shape index (κ1) is 12.7. The molecule has 2 heterocycles. The minimum absolute atomic E-state index is 0.0481. The lowest BCUT2D eigenvalue weighted by atomic mass is 10.1. The maximum absolute atomic E-state index is 12.4. The van der Waals surface area contributed by atoms with E-state index in [0.717, 1.165) is 16.9 Å². The van der Waals surface area contributed by atoms with Crippen molar-refractivity contribution in [1.29, 1.82) is 0 Å². The number of hydrogen-bond donors (Lipinski definition) is 0. The molecule has 3 rings (SSSR count). The third-order valence-electron chi connectivity index (χ3n) is 3.42. The molecule has 0 spiro atoms. The van der Waals surface area contributed by atoms with Crippen LogP contribution in [0, 0.1) is 6.92 Å². The summed E-state index contributed by atoms with van der Waals surface area (Å²) in [7, 11) is 0. The summed E-state index contributed by atoms with van der Waals surface area (Å²) >= 11 is 0. The predicted octanol–water partition coefficient (Wildman–Crippen LogP) is 3.47. The summed E-state index contributed by atoms with van der Waals surface area (Å²) < 4.78 is 5.38. The zero-order valence-electron chi connectivity index (χ0n) is 11.6. The average Bonchev–Trinajstić information content (AvgIpc) is 2.91. The van der Waals surface area contributed by atoms with E-state index in [-0.39, 0.29) is 12.3 Å². The molecule has 0 aliphatic carbocycles. The van der Waals surface area contributed by atoms with Crippen molar-refractivity contribution in [2.24, 2.45) is 4.99 Å². The van der Waals surface area contributed by atoms with E-state index in [1.165, 1.54) is 0 Å². The van der Waals surface area contributed by atoms with Gasteiger partial charge < -0.3 is 9.32 Å². The van der Waals surface area contributed by atoms with Gasteiger partial charge >= 0.3 is 0 Å². The van der Waals surface area contributed by atoms with E-state index in [9.17, 15) is 4.79 Å². The fourth-order valence-corrected chi connectivity index (χ4v) is 2.43. The van der Waals surface area contributed by atoms with E-state index in [0.29, 0.717) is 18.0 Å². The van der Waals surface area contributed by atoms with Crippen molar-refractivity contribution >= 4 is 23.0 Å². The molecule has 0 fully saturated rings. The fraction of sp³-hybridized carbons (Fsp3) is 0.250. The molecule has 1 aliphatic rings. The Morgan fingerprint density at radius 3 is 2.90 bits per heavy atom. The largest absolute Gasteiger partial charge is 0.463 e. The molecule has 1 aromatic carbocycles. The Kier molecular flexibility index (Phi) is 3.14. The molecule has 20 heavy (non-hydrogen) atoms. The Balaban J connectivity index is 2.15. The minimum atomic E-state index is 0.0481. The summed E-state index contributed by atoms with van der Waals surface area (Å²) in [6.45, 7) is 4.62. The lowest BCUT2D eigenvalue weighted by Crippen LogP contribution is -2.31.